The molecule has 3 aliphatic heterocycles. The number of hydrogen-bond donors (Lipinski definition) is 0. The Morgan fingerprint density at radius 1 is 1.00 bits per heavy atom. The van der Waals surface area contributed by atoms with Crippen LogP contribution in [0.3, 0.4) is 0 Å². The van der Waals surface area contributed by atoms with Gasteiger partial charge in [-0.15, -0.1) is 0 Å². The van der Waals surface area contributed by atoms with Crippen molar-refractivity contribution in [3.05, 3.63) is 54.2 Å². The summed E-state index contributed by atoms with van der Waals surface area (Å²) < 4.78 is 11.8. The van der Waals surface area contributed by atoms with Crippen molar-refractivity contribution >= 4 is 34.4 Å². The van der Waals surface area contributed by atoms with Crippen LogP contribution in [0.15, 0.2) is 53.7 Å². The molecule has 1 atom stereocenters. The number of hydrogen-bond acceptors (Lipinski definition) is 7. The molecule has 36 heavy (non-hydrogen) atoms. The van der Waals surface area contributed by atoms with Crippen molar-refractivity contribution in [1.82, 2.24) is 14.8 Å². The number of pyridine rings is 1. The molecule has 0 aliphatic carbocycles. The van der Waals surface area contributed by atoms with Crippen molar-refractivity contribution in [2.75, 3.05) is 57.9 Å². The molecule has 0 saturated carbocycles. The number of aliphatic imine (C=N–C) groups is 1. The van der Waals surface area contributed by atoms with Crippen molar-refractivity contribution in [2.24, 2.45) is 4.99 Å². The molecule has 2 saturated heterocycles. The number of aromatic nitrogens is 1. The van der Waals surface area contributed by atoms with E-state index in [1.807, 2.05) is 53.7 Å². The lowest BCUT2D eigenvalue weighted by atomic mass is 10.0. The number of rotatable bonds is 6. The van der Waals surface area contributed by atoms with Crippen LogP contribution in [0.4, 0.5) is 11.5 Å². The fraction of sp³-hybridized carbons (Fsp3) is 0.393. The minimum atomic E-state index is 0.0642. The number of methoxy groups -OCH3 is 1. The minimum absolute atomic E-state index is 0.0642. The van der Waals surface area contributed by atoms with Crippen LogP contribution < -0.4 is 14.4 Å². The lowest BCUT2D eigenvalue weighted by molar-refractivity contribution is 0.0775. The third kappa shape index (κ3) is 4.37. The fourth-order valence-electron chi connectivity index (χ4n) is 5.39. The van der Waals surface area contributed by atoms with Gasteiger partial charge in [-0.05, 0) is 60.0 Å². The van der Waals surface area contributed by atoms with Crippen molar-refractivity contribution in [1.29, 1.82) is 0 Å². The molecule has 2 aromatic carbocycles. The average molecular weight is 486 g/mol. The highest BCUT2D eigenvalue weighted by Gasteiger charge is 2.32. The predicted octanol–water partition coefficient (Wildman–Crippen LogP) is 3.76. The molecule has 2 fully saturated rings. The van der Waals surface area contributed by atoms with Crippen LogP contribution in [0.1, 0.15) is 23.2 Å². The smallest absolute Gasteiger partial charge is 0.256 e. The number of carbonyl (C=O) groups excluding carboxylic acids is 1. The first-order valence-corrected chi connectivity index (χ1v) is 12.7. The lowest BCUT2D eigenvalue weighted by Crippen LogP contribution is -2.47. The molecule has 0 radical (unpaired) electrons. The van der Waals surface area contributed by atoms with Gasteiger partial charge in [-0.2, -0.15) is 0 Å². The first-order chi connectivity index (χ1) is 17.7. The number of piperazine rings is 1. The summed E-state index contributed by atoms with van der Waals surface area (Å²) in [5, 5.41) is 1.94. The van der Waals surface area contributed by atoms with E-state index < -0.39 is 0 Å². The SMILES string of the molecule is COc1cc2cc3c(cc2cc1OCCN1CCN(c2ccccn2)CC1)N=C[C@@H]1CCCN1C3=O. The zero-order valence-corrected chi connectivity index (χ0v) is 20.6. The summed E-state index contributed by atoms with van der Waals surface area (Å²) in [5.74, 6) is 2.49. The topological polar surface area (TPSA) is 70.5 Å². The van der Waals surface area contributed by atoms with E-state index in [-0.39, 0.29) is 11.9 Å². The van der Waals surface area contributed by atoms with Gasteiger partial charge in [0, 0.05) is 51.7 Å². The quantitative estimate of drug-likeness (QED) is 0.530. The average Bonchev–Trinajstić information content (AvgIpc) is 3.36. The van der Waals surface area contributed by atoms with E-state index in [9.17, 15) is 4.79 Å². The third-order valence-electron chi connectivity index (χ3n) is 7.42. The number of nitrogens with zero attached hydrogens (tertiary/aromatic N) is 5. The number of carbonyl (C=O) groups is 1. The molecule has 3 aromatic rings. The number of anilines is 1. The first-order valence-electron chi connectivity index (χ1n) is 12.7. The summed E-state index contributed by atoms with van der Waals surface area (Å²) >= 11 is 0. The molecule has 0 unspecified atom stereocenters. The van der Waals surface area contributed by atoms with Gasteiger partial charge in [-0.3, -0.25) is 14.7 Å². The Hall–Kier alpha value is -3.65. The number of amides is 1. The lowest BCUT2D eigenvalue weighted by Gasteiger charge is -2.35. The molecule has 8 heteroatoms. The van der Waals surface area contributed by atoms with E-state index in [4.69, 9.17) is 9.47 Å². The normalized spacial score (nSPS) is 19.8. The standard InChI is InChI=1S/C28H31N5O3/c1-35-25-17-20-15-23-24(30-19-22-5-4-8-33(22)28(23)34)16-21(20)18-26(25)36-14-13-31-9-11-32(12-10-31)27-6-2-3-7-29-27/h2-3,6-7,15-19,22H,4-5,8-14H2,1H3/t22-/m0/s1. The molecular weight excluding hydrogens is 454 g/mol. The number of ether oxygens (including phenoxy) is 2. The van der Waals surface area contributed by atoms with E-state index in [0.717, 1.165) is 74.4 Å². The molecule has 3 aliphatic rings. The van der Waals surface area contributed by atoms with Gasteiger partial charge in [-0.1, -0.05) is 6.07 Å². The van der Waals surface area contributed by atoms with Crippen LogP contribution in [0.5, 0.6) is 11.5 Å². The van der Waals surface area contributed by atoms with Gasteiger partial charge < -0.3 is 19.3 Å². The Kier molecular flexibility index (Phi) is 6.19. The second-order valence-electron chi connectivity index (χ2n) is 9.57. The van der Waals surface area contributed by atoms with Crippen LogP contribution in [0.2, 0.25) is 0 Å². The van der Waals surface area contributed by atoms with Gasteiger partial charge in [0.15, 0.2) is 11.5 Å². The van der Waals surface area contributed by atoms with Gasteiger partial charge in [0.25, 0.3) is 5.91 Å². The molecule has 1 amide bonds. The van der Waals surface area contributed by atoms with E-state index in [1.54, 1.807) is 7.11 Å². The van der Waals surface area contributed by atoms with E-state index in [2.05, 4.69) is 25.8 Å². The predicted molar refractivity (Wildman–Crippen MR) is 141 cm³/mol. The summed E-state index contributed by atoms with van der Waals surface area (Å²) in [6, 6.07) is 14.0. The van der Waals surface area contributed by atoms with Gasteiger partial charge in [0.1, 0.15) is 12.4 Å². The van der Waals surface area contributed by atoms with Crippen molar-refractivity contribution in [3.63, 3.8) is 0 Å². The molecule has 6 rings (SSSR count). The summed E-state index contributed by atoms with van der Waals surface area (Å²) in [6.07, 6.45) is 5.78. The van der Waals surface area contributed by atoms with Crippen LogP contribution in [-0.2, 0) is 0 Å². The molecule has 0 spiro atoms. The van der Waals surface area contributed by atoms with Gasteiger partial charge in [-0.25, -0.2) is 4.98 Å². The summed E-state index contributed by atoms with van der Waals surface area (Å²) in [7, 11) is 1.65. The van der Waals surface area contributed by atoms with Crippen LogP contribution >= 0.6 is 0 Å². The van der Waals surface area contributed by atoms with Gasteiger partial charge >= 0.3 is 0 Å². The number of fused-ring (bicyclic) bond motifs is 3. The first kappa shape index (κ1) is 22.8. The maximum Gasteiger partial charge on any atom is 0.256 e. The van der Waals surface area contributed by atoms with E-state index in [1.165, 1.54) is 0 Å². The highest BCUT2D eigenvalue weighted by atomic mass is 16.5. The largest absolute Gasteiger partial charge is 0.493 e. The summed E-state index contributed by atoms with van der Waals surface area (Å²) in [4.78, 5) is 29.0. The Morgan fingerprint density at radius 2 is 1.83 bits per heavy atom. The highest BCUT2D eigenvalue weighted by molar-refractivity contribution is 6.07. The Bertz CT molecular complexity index is 1290. The van der Waals surface area contributed by atoms with Crippen LogP contribution in [-0.4, -0.2) is 85.9 Å². The fourth-order valence-corrected chi connectivity index (χ4v) is 5.39. The molecule has 0 N–H and O–H groups in total. The van der Waals surface area contributed by atoms with Crippen LogP contribution in [0, 0.1) is 0 Å². The maximum atomic E-state index is 13.2. The Labute approximate surface area is 211 Å². The van der Waals surface area contributed by atoms with Crippen molar-refractivity contribution < 1.29 is 14.3 Å². The summed E-state index contributed by atoms with van der Waals surface area (Å²) in [5.41, 5.74) is 1.38. The molecule has 0 bridgehead atoms. The Morgan fingerprint density at radius 3 is 2.64 bits per heavy atom. The monoisotopic (exact) mass is 485 g/mol. The molecule has 8 nitrogen and oxygen atoms in total. The molecule has 1 aromatic heterocycles. The van der Waals surface area contributed by atoms with E-state index >= 15 is 0 Å². The van der Waals surface area contributed by atoms with E-state index in [0.29, 0.717) is 23.7 Å². The second-order valence-corrected chi connectivity index (χ2v) is 9.57. The molecule has 4 heterocycles. The van der Waals surface area contributed by atoms with Crippen molar-refractivity contribution in [2.45, 2.75) is 18.9 Å². The van der Waals surface area contributed by atoms with Crippen LogP contribution in [0.25, 0.3) is 10.8 Å². The van der Waals surface area contributed by atoms with Gasteiger partial charge in [0.05, 0.1) is 24.4 Å². The molecule has 186 valence electrons. The minimum Gasteiger partial charge on any atom is -0.493 e. The second kappa shape index (κ2) is 9.78. The maximum absolute atomic E-state index is 13.2. The highest BCUT2D eigenvalue weighted by Crippen LogP contribution is 2.37. The zero-order chi connectivity index (χ0) is 24.5. The zero-order valence-electron chi connectivity index (χ0n) is 20.6. The number of benzene rings is 2. The summed E-state index contributed by atoms with van der Waals surface area (Å²) in [6.45, 7) is 6.08. The Balaban J connectivity index is 1.14. The molecular formula is C28H31N5O3. The van der Waals surface area contributed by atoms with Gasteiger partial charge in [0.2, 0.25) is 0 Å². The third-order valence-corrected chi connectivity index (χ3v) is 7.42. The van der Waals surface area contributed by atoms with Crippen molar-refractivity contribution in [3.8, 4) is 11.5 Å².